The van der Waals surface area contributed by atoms with Gasteiger partial charge in [0.15, 0.2) is 0 Å². The molecule has 0 atom stereocenters. The Balaban J connectivity index is 0.000001000. The standard InChI is InChI=1S/C7H12N2S.BrH/c1-8-4-5-9(7-8)3-2-6-10;/h4-5,7H,2-3,6H2,1H3;1H. The van der Waals surface area contributed by atoms with E-state index in [0.717, 1.165) is 18.7 Å². The van der Waals surface area contributed by atoms with Crippen LogP contribution in [0.3, 0.4) is 0 Å². The zero-order valence-electron chi connectivity index (χ0n) is 6.57. The van der Waals surface area contributed by atoms with Crippen molar-refractivity contribution < 1.29 is 21.5 Å². The molecule has 0 aliphatic carbocycles. The second kappa shape index (κ2) is 5.66. The number of hydrogen-bond acceptors (Lipinski definition) is 1. The number of aromatic nitrogens is 2. The van der Waals surface area contributed by atoms with Crippen LogP contribution in [0.25, 0.3) is 0 Å². The summed E-state index contributed by atoms with van der Waals surface area (Å²) in [5, 5.41) is 0. The van der Waals surface area contributed by atoms with Crippen molar-refractivity contribution in [1.29, 1.82) is 0 Å². The average Bonchev–Trinajstić information content (AvgIpc) is 2.31. The van der Waals surface area contributed by atoms with Gasteiger partial charge in [0.1, 0.15) is 12.4 Å². The predicted molar refractivity (Wildman–Crippen MR) is 44.1 cm³/mol. The summed E-state index contributed by atoms with van der Waals surface area (Å²) in [6.07, 6.45) is 7.32. The van der Waals surface area contributed by atoms with E-state index in [2.05, 4.69) is 29.7 Å². The summed E-state index contributed by atoms with van der Waals surface area (Å²) in [5.41, 5.74) is 0. The van der Waals surface area contributed by atoms with Crippen molar-refractivity contribution in [2.45, 2.75) is 13.0 Å². The third kappa shape index (κ3) is 3.82. The molecule has 0 N–H and O–H groups in total. The van der Waals surface area contributed by atoms with Gasteiger partial charge in [0.25, 0.3) is 0 Å². The molecule has 0 radical (unpaired) electrons. The van der Waals surface area contributed by atoms with Crippen molar-refractivity contribution in [2.24, 2.45) is 7.05 Å². The highest BCUT2D eigenvalue weighted by atomic mass is 79.9. The zero-order chi connectivity index (χ0) is 7.40. The van der Waals surface area contributed by atoms with Gasteiger partial charge in [-0.05, 0) is 12.2 Å². The number of thiol groups is 1. The van der Waals surface area contributed by atoms with Crippen LogP contribution in [0, 0.1) is 0 Å². The summed E-state index contributed by atoms with van der Waals surface area (Å²) in [6, 6.07) is 0. The third-order valence-electron chi connectivity index (χ3n) is 1.40. The van der Waals surface area contributed by atoms with Gasteiger partial charge in [-0.3, -0.25) is 0 Å². The summed E-state index contributed by atoms with van der Waals surface area (Å²) in [5.74, 6) is 0.960. The molecule has 0 bridgehead atoms. The van der Waals surface area contributed by atoms with Gasteiger partial charge in [0.05, 0.1) is 13.6 Å². The van der Waals surface area contributed by atoms with Crippen molar-refractivity contribution in [3.63, 3.8) is 0 Å². The van der Waals surface area contributed by atoms with Crippen LogP contribution in [0.2, 0.25) is 0 Å². The zero-order valence-corrected chi connectivity index (χ0v) is 9.05. The predicted octanol–water partition coefficient (Wildman–Crippen LogP) is -2.36. The highest BCUT2D eigenvalue weighted by Gasteiger charge is 1.96. The quantitative estimate of drug-likeness (QED) is 0.445. The number of imidazole rings is 1. The molecular formula is C7H13BrN2S. The van der Waals surface area contributed by atoms with Crippen molar-refractivity contribution >= 4 is 12.6 Å². The molecule has 1 heterocycles. The van der Waals surface area contributed by atoms with Crippen LogP contribution in [0.4, 0.5) is 0 Å². The van der Waals surface area contributed by atoms with E-state index in [-0.39, 0.29) is 17.0 Å². The lowest BCUT2D eigenvalue weighted by atomic mass is 10.5. The molecule has 1 rings (SSSR count). The topological polar surface area (TPSA) is 8.81 Å². The number of halogens is 1. The first-order valence-corrected chi connectivity index (χ1v) is 4.08. The second-order valence-corrected chi connectivity index (χ2v) is 2.84. The molecule has 2 nitrogen and oxygen atoms in total. The van der Waals surface area contributed by atoms with Gasteiger partial charge in [-0.15, -0.1) is 0 Å². The van der Waals surface area contributed by atoms with Crippen LogP contribution in [0.5, 0.6) is 0 Å². The molecule has 0 aliphatic heterocycles. The SMILES string of the molecule is Cn1cc[n+](CCCS)c1.[Br-]. The first kappa shape index (κ1) is 11.0. The van der Waals surface area contributed by atoms with Gasteiger partial charge in [-0.1, -0.05) is 0 Å². The molecule has 4 heteroatoms. The maximum Gasteiger partial charge on any atom is 0.243 e. The van der Waals surface area contributed by atoms with E-state index >= 15 is 0 Å². The number of rotatable bonds is 3. The molecule has 64 valence electrons. The lowest BCUT2D eigenvalue weighted by molar-refractivity contribution is -0.696. The van der Waals surface area contributed by atoms with E-state index in [1.54, 1.807) is 0 Å². The number of hydrogen-bond donors (Lipinski definition) is 1. The third-order valence-corrected chi connectivity index (χ3v) is 1.71. The molecule has 11 heavy (non-hydrogen) atoms. The van der Waals surface area contributed by atoms with E-state index in [0.29, 0.717) is 0 Å². The van der Waals surface area contributed by atoms with Crippen molar-refractivity contribution in [1.82, 2.24) is 4.57 Å². The Morgan fingerprint density at radius 1 is 1.55 bits per heavy atom. The van der Waals surface area contributed by atoms with Gasteiger partial charge >= 0.3 is 0 Å². The van der Waals surface area contributed by atoms with Gasteiger partial charge in [-0.25, -0.2) is 9.13 Å². The van der Waals surface area contributed by atoms with Gasteiger partial charge < -0.3 is 17.0 Å². The molecule has 0 spiro atoms. The van der Waals surface area contributed by atoms with E-state index in [1.165, 1.54) is 0 Å². The van der Waals surface area contributed by atoms with Crippen LogP contribution in [-0.2, 0) is 13.6 Å². The van der Waals surface area contributed by atoms with Crippen LogP contribution >= 0.6 is 12.6 Å². The lowest BCUT2D eigenvalue weighted by Gasteiger charge is -1.90. The first-order chi connectivity index (χ1) is 4.83. The van der Waals surface area contributed by atoms with Crippen LogP contribution in [0.15, 0.2) is 18.7 Å². The molecule has 0 fully saturated rings. The maximum atomic E-state index is 4.14. The molecule has 0 amide bonds. The highest BCUT2D eigenvalue weighted by Crippen LogP contribution is 1.84. The molecule has 1 aromatic rings. The summed E-state index contributed by atoms with van der Waals surface area (Å²) in [4.78, 5) is 0. The smallest absolute Gasteiger partial charge is 0.243 e. The van der Waals surface area contributed by atoms with E-state index < -0.39 is 0 Å². The Kier molecular flexibility index (Phi) is 5.68. The molecule has 0 unspecified atom stereocenters. The van der Waals surface area contributed by atoms with Gasteiger partial charge in [-0.2, -0.15) is 12.6 Å². The second-order valence-electron chi connectivity index (χ2n) is 2.39. The van der Waals surface area contributed by atoms with Gasteiger partial charge in [0.2, 0.25) is 6.33 Å². The Bertz CT molecular complexity index is 200. The average molecular weight is 237 g/mol. The molecule has 0 saturated heterocycles. The Labute approximate surface area is 83.4 Å². The summed E-state index contributed by atoms with van der Waals surface area (Å²) in [7, 11) is 2.02. The van der Waals surface area contributed by atoms with Crippen LogP contribution < -0.4 is 21.5 Å². The van der Waals surface area contributed by atoms with Crippen molar-refractivity contribution in [2.75, 3.05) is 5.75 Å². The minimum absolute atomic E-state index is 0. The molecule has 0 aromatic carbocycles. The molecular weight excluding hydrogens is 224 g/mol. The van der Waals surface area contributed by atoms with E-state index in [1.807, 2.05) is 17.8 Å². The van der Waals surface area contributed by atoms with E-state index in [9.17, 15) is 0 Å². The lowest BCUT2D eigenvalue weighted by Crippen LogP contribution is -3.00. The Morgan fingerprint density at radius 3 is 2.73 bits per heavy atom. The normalized spacial score (nSPS) is 9.27. The fraction of sp³-hybridized carbons (Fsp3) is 0.571. The largest absolute Gasteiger partial charge is 1.00 e. The van der Waals surface area contributed by atoms with Crippen LogP contribution in [0.1, 0.15) is 6.42 Å². The molecule has 0 saturated carbocycles. The molecule has 1 aromatic heterocycles. The highest BCUT2D eigenvalue weighted by molar-refractivity contribution is 7.80. The summed E-state index contributed by atoms with van der Waals surface area (Å²) >= 11 is 4.14. The van der Waals surface area contributed by atoms with E-state index in [4.69, 9.17) is 0 Å². The summed E-state index contributed by atoms with van der Waals surface area (Å²) in [6.45, 7) is 1.07. The Hall–Kier alpha value is 0.0400. The van der Waals surface area contributed by atoms with Crippen molar-refractivity contribution in [3.05, 3.63) is 18.7 Å². The maximum absolute atomic E-state index is 4.14. The van der Waals surface area contributed by atoms with Gasteiger partial charge in [0, 0.05) is 0 Å². The first-order valence-electron chi connectivity index (χ1n) is 3.45. The molecule has 0 aliphatic rings. The van der Waals surface area contributed by atoms with Crippen molar-refractivity contribution in [3.8, 4) is 0 Å². The van der Waals surface area contributed by atoms with Crippen LogP contribution in [-0.4, -0.2) is 10.3 Å². The monoisotopic (exact) mass is 236 g/mol. The Morgan fingerprint density at radius 2 is 2.27 bits per heavy atom. The number of nitrogens with zero attached hydrogens (tertiary/aromatic N) is 2. The minimum atomic E-state index is 0. The minimum Gasteiger partial charge on any atom is -1.00 e. The summed E-state index contributed by atoms with van der Waals surface area (Å²) < 4.78 is 4.20. The number of aryl methyl sites for hydroxylation is 2. The fourth-order valence-electron chi connectivity index (χ4n) is 0.887. The fourth-order valence-corrected chi connectivity index (χ4v) is 1.03.